The Morgan fingerprint density at radius 1 is 1.35 bits per heavy atom. The summed E-state index contributed by atoms with van der Waals surface area (Å²) in [4.78, 5) is 13.4. The summed E-state index contributed by atoms with van der Waals surface area (Å²) in [6.45, 7) is 8.23. The van der Waals surface area contributed by atoms with Crippen LogP contribution in [0.1, 0.15) is 33.1 Å². The lowest BCUT2D eigenvalue weighted by molar-refractivity contribution is -0.148. The molecule has 4 nitrogen and oxygen atoms in total. The van der Waals surface area contributed by atoms with Gasteiger partial charge in [-0.05, 0) is 32.2 Å². The Labute approximate surface area is 104 Å². The van der Waals surface area contributed by atoms with Gasteiger partial charge in [0.2, 0.25) is 0 Å². The molecule has 0 spiro atoms. The highest BCUT2D eigenvalue weighted by molar-refractivity contribution is 5.70. The van der Waals surface area contributed by atoms with E-state index in [-0.39, 0.29) is 12.6 Å². The van der Waals surface area contributed by atoms with Crippen LogP contribution in [0.2, 0.25) is 0 Å². The predicted octanol–water partition coefficient (Wildman–Crippen LogP) is 1.69. The molecule has 0 aromatic heterocycles. The van der Waals surface area contributed by atoms with Gasteiger partial charge in [-0.3, -0.25) is 0 Å². The maximum atomic E-state index is 11.0. The van der Waals surface area contributed by atoms with Crippen LogP contribution in [0.5, 0.6) is 0 Å². The van der Waals surface area contributed by atoms with Crippen LogP contribution in [0.15, 0.2) is 0 Å². The molecule has 0 aliphatic heterocycles. The Balaban J connectivity index is 2.00. The molecular formula is C13H25NO3. The number of esters is 1. The van der Waals surface area contributed by atoms with Gasteiger partial charge in [-0.25, -0.2) is 4.79 Å². The smallest absolute Gasteiger partial charge is 0.332 e. The average Bonchev–Trinajstić information content (AvgIpc) is 2.26. The minimum Gasteiger partial charge on any atom is -0.464 e. The van der Waals surface area contributed by atoms with Gasteiger partial charge < -0.3 is 14.4 Å². The van der Waals surface area contributed by atoms with E-state index < -0.39 is 0 Å². The number of ether oxygens (including phenoxy) is 2. The molecule has 17 heavy (non-hydrogen) atoms. The summed E-state index contributed by atoms with van der Waals surface area (Å²) in [6, 6.07) is 0. The molecule has 4 heteroatoms. The normalized spacial score (nSPS) is 15.9. The number of hydrogen-bond acceptors (Lipinski definition) is 4. The molecule has 0 aromatic rings. The molecule has 1 aliphatic carbocycles. The van der Waals surface area contributed by atoms with Crippen molar-refractivity contribution in [2.75, 3.05) is 39.5 Å². The molecule has 0 atom stereocenters. The molecule has 0 heterocycles. The summed E-state index contributed by atoms with van der Waals surface area (Å²) >= 11 is 0. The fourth-order valence-electron chi connectivity index (χ4n) is 1.97. The standard InChI is InChI=1S/C13H25NO3/c1-3-14(10-12-6-5-7-12)8-9-16-11-13(15)17-4-2/h12H,3-11H2,1-2H3. The van der Waals surface area contributed by atoms with Crippen LogP contribution < -0.4 is 0 Å². The van der Waals surface area contributed by atoms with E-state index in [1.807, 2.05) is 0 Å². The fourth-order valence-corrected chi connectivity index (χ4v) is 1.97. The molecule has 0 saturated heterocycles. The summed E-state index contributed by atoms with van der Waals surface area (Å²) in [7, 11) is 0. The number of likely N-dealkylation sites (N-methyl/N-ethyl adjacent to an activating group) is 1. The highest BCUT2D eigenvalue weighted by atomic mass is 16.6. The maximum absolute atomic E-state index is 11.0. The van der Waals surface area contributed by atoms with Crippen molar-refractivity contribution >= 4 is 5.97 Å². The first-order chi connectivity index (χ1) is 8.26. The summed E-state index contributed by atoms with van der Waals surface area (Å²) < 4.78 is 10.1. The van der Waals surface area contributed by atoms with Crippen molar-refractivity contribution in [3.05, 3.63) is 0 Å². The lowest BCUT2D eigenvalue weighted by atomic mass is 9.85. The van der Waals surface area contributed by atoms with E-state index in [0.717, 1.165) is 19.0 Å². The van der Waals surface area contributed by atoms with Gasteiger partial charge in [0.05, 0.1) is 13.2 Å². The zero-order chi connectivity index (χ0) is 12.5. The van der Waals surface area contributed by atoms with E-state index in [9.17, 15) is 4.79 Å². The van der Waals surface area contributed by atoms with E-state index in [1.165, 1.54) is 25.8 Å². The molecular weight excluding hydrogens is 218 g/mol. The Kier molecular flexibility index (Phi) is 7.21. The monoisotopic (exact) mass is 243 g/mol. The number of carbonyl (C=O) groups is 1. The topological polar surface area (TPSA) is 38.8 Å². The fraction of sp³-hybridized carbons (Fsp3) is 0.923. The second-order valence-corrected chi connectivity index (χ2v) is 4.55. The van der Waals surface area contributed by atoms with Gasteiger partial charge in [-0.15, -0.1) is 0 Å². The van der Waals surface area contributed by atoms with Crippen molar-refractivity contribution in [3.63, 3.8) is 0 Å². The van der Waals surface area contributed by atoms with Gasteiger partial charge in [0, 0.05) is 13.1 Å². The maximum Gasteiger partial charge on any atom is 0.332 e. The van der Waals surface area contributed by atoms with E-state index in [2.05, 4.69) is 11.8 Å². The molecule has 0 aromatic carbocycles. The summed E-state index contributed by atoms with van der Waals surface area (Å²) in [5, 5.41) is 0. The minimum absolute atomic E-state index is 0.0782. The third-order valence-corrected chi connectivity index (χ3v) is 3.27. The number of rotatable bonds is 9. The first-order valence-electron chi connectivity index (χ1n) is 6.72. The average molecular weight is 243 g/mol. The second-order valence-electron chi connectivity index (χ2n) is 4.55. The quantitative estimate of drug-likeness (QED) is 0.456. The summed E-state index contributed by atoms with van der Waals surface area (Å²) in [5.74, 6) is 0.620. The van der Waals surface area contributed by atoms with Crippen LogP contribution in [0.25, 0.3) is 0 Å². The van der Waals surface area contributed by atoms with Crippen molar-refractivity contribution in [2.45, 2.75) is 33.1 Å². The van der Waals surface area contributed by atoms with Crippen LogP contribution in [0, 0.1) is 5.92 Å². The number of nitrogens with zero attached hydrogens (tertiary/aromatic N) is 1. The van der Waals surface area contributed by atoms with Gasteiger partial charge in [0.1, 0.15) is 6.61 Å². The first kappa shape index (κ1) is 14.5. The van der Waals surface area contributed by atoms with Crippen molar-refractivity contribution in [1.29, 1.82) is 0 Å². The molecule has 100 valence electrons. The molecule has 0 amide bonds. The SMILES string of the molecule is CCOC(=O)COCCN(CC)CC1CCC1. The lowest BCUT2D eigenvalue weighted by Gasteiger charge is -2.31. The Hall–Kier alpha value is -0.610. The third-order valence-electron chi connectivity index (χ3n) is 3.27. The third kappa shape index (κ3) is 6.03. The molecule has 1 saturated carbocycles. The van der Waals surface area contributed by atoms with E-state index in [4.69, 9.17) is 9.47 Å². The molecule has 0 unspecified atom stereocenters. The van der Waals surface area contributed by atoms with Crippen LogP contribution in [0.3, 0.4) is 0 Å². The molecule has 0 N–H and O–H groups in total. The second kappa shape index (κ2) is 8.48. The Morgan fingerprint density at radius 3 is 2.65 bits per heavy atom. The van der Waals surface area contributed by atoms with Gasteiger partial charge in [-0.2, -0.15) is 0 Å². The summed E-state index contributed by atoms with van der Waals surface area (Å²) in [5.41, 5.74) is 0. The van der Waals surface area contributed by atoms with Crippen LogP contribution in [0.4, 0.5) is 0 Å². The molecule has 0 bridgehead atoms. The zero-order valence-corrected chi connectivity index (χ0v) is 11.1. The molecule has 1 rings (SSSR count). The highest BCUT2D eigenvalue weighted by Gasteiger charge is 2.19. The highest BCUT2D eigenvalue weighted by Crippen LogP contribution is 2.26. The van der Waals surface area contributed by atoms with Crippen molar-refractivity contribution in [3.8, 4) is 0 Å². The number of carbonyl (C=O) groups excluding carboxylic acids is 1. The van der Waals surface area contributed by atoms with Gasteiger partial charge in [-0.1, -0.05) is 13.3 Å². The van der Waals surface area contributed by atoms with E-state index in [0.29, 0.717) is 13.2 Å². The van der Waals surface area contributed by atoms with Crippen LogP contribution in [-0.2, 0) is 14.3 Å². The van der Waals surface area contributed by atoms with Crippen LogP contribution >= 0.6 is 0 Å². The Bertz CT molecular complexity index is 217. The van der Waals surface area contributed by atoms with Gasteiger partial charge in [0.15, 0.2) is 0 Å². The van der Waals surface area contributed by atoms with Gasteiger partial charge >= 0.3 is 5.97 Å². The largest absolute Gasteiger partial charge is 0.464 e. The number of hydrogen-bond donors (Lipinski definition) is 0. The van der Waals surface area contributed by atoms with Crippen LogP contribution in [-0.4, -0.2) is 50.3 Å². The molecule has 0 radical (unpaired) electrons. The predicted molar refractivity (Wildman–Crippen MR) is 66.9 cm³/mol. The summed E-state index contributed by atoms with van der Waals surface area (Å²) in [6.07, 6.45) is 4.14. The zero-order valence-electron chi connectivity index (χ0n) is 11.1. The molecule has 1 aliphatic rings. The molecule has 1 fully saturated rings. The van der Waals surface area contributed by atoms with Gasteiger partial charge in [0.25, 0.3) is 0 Å². The van der Waals surface area contributed by atoms with Crippen molar-refractivity contribution < 1.29 is 14.3 Å². The lowest BCUT2D eigenvalue weighted by Crippen LogP contribution is -2.35. The van der Waals surface area contributed by atoms with E-state index >= 15 is 0 Å². The minimum atomic E-state index is -0.269. The van der Waals surface area contributed by atoms with Crippen molar-refractivity contribution in [1.82, 2.24) is 4.90 Å². The van der Waals surface area contributed by atoms with Crippen molar-refractivity contribution in [2.24, 2.45) is 5.92 Å². The first-order valence-corrected chi connectivity index (χ1v) is 6.72. The van der Waals surface area contributed by atoms with E-state index in [1.54, 1.807) is 6.92 Å². The Morgan fingerprint density at radius 2 is 2.12 bits per heavy atom.